The van der Waals surface area contributed by atoms with Crippen molar-refractivity contribution in [1.82, 2.24) is 4.90 Å². The lowest BCUT2D eigenvalue weighted by Crippen LogP contribution is -2.41. The molecule has 18 heavy (non-hydrogen) atoms. The molecule has 2 amide bonds. The van der Waals surface area contributed by atoms with Gasteiger partial charge in [0.2, 0.25) is 0 Å². The summed E-state index contributed by atoms with van der Waals surface area (Å²) in [5.74, 6) is 0. The third kappa shape index (κ3) is 3.20. The maximum absolute atomic E-state index is 12.2. The van der Waals surface area contributed by atoms with Crippen LogP contribution in [0.2, 0.25) is 0 Å². The molecule has 98 valence electrons. The molecule has 4 nitrogen and oxygen atoms in total. The smallest absolute Gasteiger partial charge is 0.324 e. The molecule has 0 spiro atoms. The number of amides is 2. The highest BCUT2D eigenvalue weighted by atomic mass is 32.1. The fraction of sp³-hybridized carbons (Fsp3) is 0.385. The van der Waals surface area contributed by atoms with Gasteiger partial charge in [0.05, 0.1) is 0 Å². The average molecular weight is 265 g/mol. The fourth-order valence-electron chi connectivity index (χ4n) is 1.68. The molecular formula is C13H19N3OS. The molecule has 2 N–H and O–H groups in total. The summed E-state index contributed by atoms with van der Waals surface area (Å²) < 4.78 is 0. The van der Waals surface area contributed by atoms with Crippen LogP contribution in [0.1, 0.15) is 19.4 Å². The summed E-state index contributed by atoms with van der Waals surface area (Å²) >= 11 is 4.94. The first-order valence-corrected chi connectivity index (χ1v) is 6.34. The van der Waals surface area contributed by atoms with Gasteiger partial charge in [-0.3, -0.25) is 4.90 Å². The van der Waals surface area contributed by atoms with Crippen molar-refractivity contribution in [3.8, 4) is 0 Å². The molecule has 1 rings (SSSR count). The van der Waals surface area contributed by atoms with E-state index in [-0.39, 0.29) is 6.03 Å². The Balaban J connectivity index is 2.96. The van der Waals surface area contributed by atoms with Crippen molar-refractivity contribution in [2.45, 2.75) is 13.8 Å². The Hall–Kier alpha value is -1.62. The van der Waals surface area contributed by atoms with Crippen LogP contribution < -0.4 is 10.6 Å². The summed E-state index contributed by atoms with van der Waals surface area (Å²) in [6, 6.07) is 7.34. The van der Waals surface area contributed by atoms with Crippen LogP contribution in [0.3, 0.4) is 0 Å². The van der Waals surface area contributed by atoms with Gasteiger partial charge in [-0.05, 0) is 26.0 Å². The molecule has 5 heteroatoms. The molecule has 0 atom stereocenters. The summed E-state index contributed by atoms with van der Waals surface area (Å²) in [6.07, 6.45) is 0. The quantitative estimate of drug-likeness (QED) is 0.849. The maximum Gasteiger partial charge on any atom is 0.324 e. The van der Waals surface area contributed by atoms with Gasteiger partial charge in [0.25, 0.3) is 0 Å². The van der Waals surface area contributed by atoms with E-state index in [1.807, 2.05) is 38.1 Å². The van der Waals surface area contributed by atoms with Crippen LogP contribution in [0.4, 0.5) is 10.5 Å². The van der Waals surface area contributed by atoms with E-state index in [0.29, 0.717) is 18.1 Å². The number of urea groups is 1. The van der Waals surface area contributed by atoms with Gasteiger partial charge in [0.15, 0.2) is 0 Å². The van der Waals surface area contributed by atoms with Gasteiger partial charge < -0.3 is 10.6 Å². The molecule has 0 bridgehead atoms. The van der Waals surface area contributed by atoms with Gasteiger partial charge in [-0.25, -0.2) is 4.79 Å². The lowest BCUT2D eigenvalue weighted by molar-refractivity contribution is 0.211. The molecule has 0 aliphatic rings. The van der Waals surface area contributed by atoms with Crippen molar-refractivity contribution >= 4 is 28.9 Å². The summed E-state index contributed by atoms with van der Waals surface area (Å²) in [4.78, 5) is 15.9. The predicted molar refractivity (Wildman–Crippen MR) is 79.0 cm³/mol. The first kappa shape index (κ1) is 14.4. The van der Waals surface area contributed by atoms with Crippen LogP contribution >= 0.6 is 12.2 Å². The largest absolute Gasteiger partial charge is 0.389 e. The standard InChI is InChI=1S/C13H19N3OS/c1-4-16(5-2)13(17)15(3)11-8-6-7-10(9-11)12(14)18/h6-9H,4-5H2,1-3H3,(H2,14,18). The van der Waals surface area contributed by atoms with E-state index >= 15 is 0 Å². The lowest BCUT2D eigenvalue weighted by atomic mass is 10.2. The molecule has 1 aromatic rings. The van der Waals surface area contributed by atoms with Gasteiger partial charge >= 0.3 is 6.03 Å². The Kier molecular flexibility index (Phi) is 5.09. The monoisotopic (exact) mass is 265 g/mol. The van der Waals surface area contributed by atoms with E-state index in [4.69, 9.17) is 18.0 Å². The molecular weight excluding hydrogens is 246 g/mol. The number of thiocarbonyl (C=S) groups is 1. The Morgan fingerprint density at radius 1 is 1.33 bits per heavy atom. The maximum atomic E-state index is 12.2. The second-order valence-electron chi connectivity index (χ2n) is 3.93. The van der Waals surface area contributed by atoms with Crippen LogP contribution in [0.25, 0.3) is 0 Å². The highest BCUT2D eigenvalue weighted by molar-refractivity contribution is 7.80. The zero-order valence-electron chi connectivity index (χ0n) is 11.0. The predicted octanol–water partition coefficient (Wildman–Crippen LogP) is 2.22. The third-order valence-electron chi connectivity index (χ3n) is 2.84. The number of nitrogens with two attached hydrogens (primary N) is 1. The van der Waals surface area contributed by atoms with Crippen molar-refractivity contribution in [2.24, 2.45) is 5.73 Å². The average Bonchev–Trinajstić information content (AvgIpc) is 2.39. The van der Waals surface area contributed by atoms with Gasteiger partial charge in [0.1, 0.15) is 4.99 Å². The van der Waals surface area contributed by atoms with Crippen molar-refractivity contribution < 1.29 is 4.79 Å². The van der Waals surface area contributed by atoms with Gasteiger partial charge in [-0.2, -0.15) is 0 Å². The number of carbonyl (C=O) groups is 1. The second-order valence-corrected chi connectivity index (χ2v) is 4.37. The molecule has 0 saturated heterocycles. The zero-order valence-corrected chi connectivity index (χ0v) is 11.8. The fourth-order valence-corrected chi connectivity index (χ4v) is 1.81. The zero-order chi connectivity index (χ0) is 13.7. The molecule has 1 aromatic carbocycles. The van der Waals surface area contributed by atoms with Crippen molar-refractivity contribution in [2.75, 3.05) is 25.0 Å². The van der Waals surface area contributed by atoms with E-state index in [0.717, 1.165) is 11.3 Å². The topological polar surface area (TPSA) is 49.6 Å². The minimum Gasteiger partial charge on any atom is -0.389 e. The Bertz CT molecular complexity index is 444. The first-order chi connectivity index (χ1) is 8.51. The molecule has 0 aliphatic carbocycles. The van der Waals surface area contributed by atoms with E-state index in [1.165, 1.54) is 0 Å². The van der Waals surface area contributed by atoms with Crippen LogP contribution in [-0.4, -0.2) is 36.1 Å². The molecule has 0 aromatic heterocycles. The number of benzene rings is 1. The van der Waals surface area contributed by atoms with Gasteiger partial charge in [-0.15, -0.1) is 0 Å². The molecule has 0 fully saturated rings. The lowest BCUT2D eigenvalue weighted by Gasteiger charge is -2.26. The minimum atomic E-state index is -0.0277. The second kappa shape index (κ2) is 6.35. The number of hydrogen-bond donors (Lipinski definition) is 1. The summed E-state index contributed by atoms with van der Waals surface area (Å²) in [6.45, 7) is 5.30. The third-order valence-corrected chi connectivity index (χ3v) is 3.07. The van der Waals surface area contributed by atoms with Crippen LogP contribution in [0.5, 0.6) is 0 Å². The van der Waals surface area contributed by atoms with Crippen molar-refractivity contribution in [1.29, 1.82) is 0 Å². The van der Waals surface area contributed by atoms with E-state index < -0.39 is 0 Å². The van der Waals surface area contributed by atoms with Crippen LogP contribution in [-0.2, 0) is 0 Å². The van der Waals surface area contributed by atoms with Crippen molar-refractivity contribution in [3.05, 3.63) is 29.8 Å². The summed E-state index contributed by atoms with van der Waals surface area (Å²) in [5, 5.41) is 0. The molecule has 0 aliphatic heterocycles. The number of carbonyl (C=O) groups excluding carboxylic acids is 1. The molecule has 0 unspecified atom stereocenters. The highest BCUT2D eigenvalue weighted by Crippen LogP contribution is 2.16. The van der Waals surface area contributed by atoms with Gasteiger partial charge in [0, 0.05) is 31.4 Å². The number of rotatable bonds is 4. The summed E-state index contributed by atoms with van der Waals surface area (Å²) in [7, 11) is 1.75. The van der Waals surface area contributed by atoms with E-state index in [9.17, 15) is 4.79 Å². The SMILES string of the molecule is CCN(CC)C(=O)N(C)c1cccc(C(N)=S)c1. The Morgan fingerprint density at radius 3 is 2.44 bits per heavy atom. The van der Waals surface area contributed by atoms with Crippen LogP contribution in [0, 0.1) is 0 Å². The molecule has 0 saturated carbocycles. The molecule has 0 radical (unpaired) electrons. The van der Waals surface area contributed by atoms with Crippen LogP contribution in [0.15, 0.2) is 24.3 Å². The molecule has 0 heterocycles. The van der Waals surface area contributed by atoms with Crippen molar-refractivity contribution in [3.63, 3.8) is 0 Å². The normalized spacial score (nSPS) is 9.94. The number of anilines is 1. The Labute approximate surface area is 113 Å². The van der Waals surface area contributed by atoms with Gasteiger partial charge in [-0.1, -0.05) is 24.4 Å². The minimum absolute atomic E-state index is 0.0277. The Morgan fingerprint density at radius 2 is 1.94 bits per heavy atom. The number of hydrogen-bond acceptors (Lipinski definition) is 2. The van der Waals surface area contributed by atoms with E-state index in [2.05, 4.69) is 0 Å². The summed E-state index contributed by atoms with van der Waals surface area (Å²) in [5.41, 5.74) is 7.14. The highest BCUT2D eigenvalue weighted by Gasteiger charge is 2.16. The number of nitrogens with zero attached hydrogens (tertiary/aromatic N) is 2. The first-order valence-electron chi connectivity index (χ1n) is 5.93. The van der Waals surface area contributed by atoms with E-state index in [1.54, 1.807) is 16.8 Å².